The van der Waals surface area contributed by atoms with Crippen molar-refractivity contribution in [2.24, 2.45) is 5.92 Å². The molecule has 2 amide bonds. The number of hydrogen-bond donors (Lipinski definition) is 4. The Morgan fingerprint density at radius 3 is 2.55 bits per heavy atom. The highest BCUT2D eigenvalue weighted by Crippen LogP contribution is 2.37. The number of carbonyl (C=O) groups excluding carboxylic acids is 1. The maximum atomic E-state index is 12.7. The maximum Gasteiger partial charge on any atom is 0.391 e. The normalized spacial score (nSPS) is 36.7. The van der Waals surface area contributed by atoms with Gasteiger partial charge in [0.25, 0.3) is 0 Å². The number of urea groups is 1. The van der Waals surface area contributed by atoms with Crippen LogP contribution in [0.15, 0.2) is 0 Å². The second kappa shape index (κ2) is 7.23. The molecule has 5 nitrogen and oxygen atoms in total. The third-order valence-electron chi connectivity index (χ3n) is 4.11. The van der Waals surface area contributed by atoms with Crippen LogP contribution in [0.4, 0.5) is 18.0 Å². The molecule has 1 saturated heterocycles. The molecule has 2 rings (SSSR count). The lowest BCUT2D eigenvalue weighted by Crippen LogP contribution is -2.65. The zero-order valence-corrected chi connectivity index (χ0v) is 13.1. The van der Waals surface area contributed by atoms with Gasteiger partial charge in [-0.3, -0.25) is 10.6 Å². The van der Waals surface area contributed by atoms with Crippen LogP contribution in [0.5, 0.6) is 0 Å². The summed E-state index contributed by atoms with van der Waals surface area (Å²) in [6, 6.07) is -0.803. The van der Waals surface area contributed by atoms with E-state index in [-0.39, 0.29) is 24.4 Å². The number of halogens is 4. The van der Waals surface area contributed by atoms with Crippen molar-refractivity contribution in [3.05, 3.63) is 0 Å². The summed E-state index contributed by atoms with van der Waals surface area (Å²) in [6.07, 6.45) is -2.84. The number of hydrogen-bond acceptors (Lipinski definition) is 3. The van der Waals surface area contributed by atoms with Crippen LogP contribution in [0.3, 0.4) is 0 Å². The first-order valence-corrected chi connectivity index (χ1v) is 7.97. The first kappa shape index (κ1) is 17.6. The molecule has 1 aliphatic carbocycles. The van der Waals surface area contributed by atoms with Crippen molar-refractivity contribution in [1.82, 2.24) is 21.3 Å². The minimum Gasteiger partial charge on any atom is -0.335 e. The fourth-order valence-corrected chi connectivity index (χ4v) is 3.41. The van der Waals surface area contributed by atoms with E-state index >= 15 is 0 Å². The van der Waals surface area contributed by atoms with Gasteiger partial charge in [-0.2, -0.15) is 13.2 Å². The Morgan fingerprint density at radius 2 is 1.91 bits per heavy atom. The molecule has 4 N–H and O–H groups in total. The van der Waals surface area contributed by atoms with Gasteiger partial charge in [0.2, 0.25) is 0 Å². The molecular formula is C13H22ClF3N4O. The van der Waals surface area contributed by atoms with Gasteiger partial charge >= 0.3 is 12.2 Å². The standard InChI is InChI=1S/C13H22ClF3N4O/c1-7-5-10(14)20-11(18-7)21-12(22)19-9-4-2-3-8(6-9)13(15,16)17/h7-11,18,20H,2-6H2,1H3,(H2,19,21,22). The van der Waals surface area contributed by atoms with E-state index in [1.165, 1.54) is 0 Å². The molecule has 9 heteroatoms. The topological polar surface area (TPSA) is 65.2 Å². The van der Waals surface area contributed by atoms with Crippen LogP contribution in [0.2, 0.25) is 0 Å². The van der Waals surface area contributed by atoms with Crippen molar-refractivity contribution in [3.63, 3.8) is 0 Å². The van der Waals surface area contributed by atoms with E-state index in [1.807, 2.05) is 6.92 Å². The van der Waals surface area contributed by atoms with Gasteiger partial charge in [0, 0.05) is 12.1 Å². The average molecular weight is 343 g/mol. The lowest BCUT2D eigenvalue weighted by Gasteiger charge is -2.35. The van der Waals surface area contributed by atoms with Crippen molar-refractivity contribution in [2.45, 2.75) is 69.1 Å². The zero-order chi connectivity index (χ0) is 16.3. The molecule has 5 atom stereocenters. The lowest BCUT2D eigenvalue weighted by atomic mass is 9.85. The van der Waals surface area contributed by atoms with Gasteiger partial charge in [0.1, 0.15) is 6.29 Å². The summed E-state index contributed by atoms with van der Waals surface area (Å²) in [6.45, 7) is 1.94. The van der Waals surface area contributed by atoms with Crippen molar-refractivity contribution in [1.29, 1.82) is 0 Å². The summed E-state index contributed by atoms with van der Waals surface area (Å²) in [7, 11) is 0. The fourth-order valence-electron chi connectivity index (χ4n) is 3.02. The van der Waals surface area contributed by atoms with Crippen LogP contribution in [0.25, 0.3) is 0 Å². The van der Waals surface area contributed by atoms with Gasteiger partial charge in [0.15, 0.2) is 0 Å². The number of carbonyl (C=O) groups is 1. The number of rotatable bonds is 2. The second-order valence-electron chi connectivity index (χ2n) is 6.09. The Balaban J connectivity index is 1.79. The molecular weight excluding hydrogens is 321 g/mol. The smallest absolute Gasteiger partial charge is 0.335 e. The Bertz CT molecular complexity index is 386. The first-order chi connectivity index (χ1) is 10.2. The Morgan fingerprint density at radius 1 is 1.18 bits per heavy atom. The molecule has 1 heterocycles. The third-order valence-corrected chi connectivity index (χ3v) is 4.41. The number of amides is 2. The van der Waals surface area contributed by atoms with Crippen molar-refractivity contribution in [2.75, 3.05) is 0 Å². The van der Waals surface area contributed by atoms with Crippen molar-refractivity contribution in [3.8, 4) is 0 Å². The Hall–Kier alpha value is -0.730. The van der Waals surface area contributed by atoms with Gasteiger partial charge in [-0.1, -0.05) is 6.42 Å². The minimum atomic E-state index is -4.19. The second-order valence-corrected chi connectivity index (χ2v) is 6.62. The summed E-state index contributed by atoms with van der Waals surface area (Å²) in [4.78, 5) is 11.9. The number of alkyl halides is 4. The summed E-state index contributed by atoms with van der Waals surface area (Å²) < 4.78 is 38.2. The summed E-state index contributed by atoms with van der Waals surface area (Å²) in [5, 5.41) is 11.3. The van der Waals surface area contributed by atoms with E-state index in [0.717, 1.165) is 6.42 Å². The molecule has 2 aliphatic rings. The maximum absolute atomic E-state index is 12.7. The molecule has 0 spiro atoms. The van der Waals surface area contributed by atoms with Crippen molar-refractivity contribution < 1.29 is 18.0 Å². The molecule has 1 aliphatic heterocycles. The van der Waals surface area contributed by atoms with E-state index in [1.54, 1.807) is 0 Å². The first-order valence-electron chi connectivity index (χ1n) is 7.54. The van der Waals surface area contributed by atoms with Crippen LogP contribution < -0.4 is 21.3 Å². The van der Waals surface area contributed by atoms with Crippen LogP contribution in [0, 0.1) is 5.92 Å². The van der Waals surface area contributed by atoms with E-state index < -0.39 is 30.5 Å². The highest BCUT2D eigenvalue weighted by molar-refractivity contribution is 6.20. The van der Waals surface area contributed by atoms with Crippen LogP contribution in [0.1, 0.15) is 39.0 Å². The quantitative estimate of drug-likeness (QED) is 0.459. The monoisotopic (exact) mass is 342 g/mol. The Labute approximate surface area is 132 Å². The summed E-state index contributed by atoms with van der Waals surface area (Å²) >= 11 is 6.00. The van der Waals surface area contributed by atoms with Gasteiger partial charge in [-0.25, -0.2) is 4.79 Å². The van der Waals surface area contributed by atoms with Crippen LogP contribution in [-0.4, -0.2) is 36.1 Å². The van der Waals surface area contributed by atoms with Gasteiger partial charge < -0.3 is 10.6 Å². The largest absolute Gasteiger partial charge is 0.391 e. The van der Waals surface area contributed by atoms with Crippen molar-refractivity contribution >= 4 is 17.6 Å². The lowest BCUT2D eigenvalue weighted by molar-refractivity contribution is -0.183. The predicted octanol–water partition coefficient (Wildman–Crippen LogP) is 2.23. The molecule has 1 saturated carbocycles. The SMILES string of the molecule is CC1CC(Cl)NC(NC(=O)NC2CCCC(C(F)(F)F)C2)N1. The fraction of sp³-hybridized carbons (Fsp3) is 0.923. The molecule has 2 fully saturated rings. The average Bonchev–Trinajstić information content (AvgIpc) is 2.36. The summed E-state index contributed by atoms with van der Waals surface area (Å²) in [5.41, 5.74) is -0.258. The summed E-state index contributed by atoms with van der Waals surface area (Å²) in [5.74, 6) is -1.33. The highest BCUT2D eigenvalue weighted by atomic mass is 35.5. The van der Waals surface area contributed by atoms with Gasteiger partial charge in [0.05, 0.1) is 11.4 Å². The minimum absolute atomic E-state index is 0.0586. The molecule has 0 aromatic heterocycles. The predicted molar refractivity (Wildman–Crippen MR) is 77.2 cm³/mol. The molecule has 0 aromatic carbocycles. The molecule has 22 heavy (non-hydrogen) atoms. The molecule has 0 bridgehead atoms. The van der Waals surface area contributed by atoms with Crippen LogP contribution >= 0.6 is 11.6 Å². The van der Waals surface area contributed by atoms with Gasteiger partial charge in [-0.05, 0) is 32.6 Å². The van der Waals surface area contributed by atoms with Crippen LogP contribution in [-0.2, 0) is 0 Å². The van der Waals surface area contributed by atoms with Gasteiger partial charge in [-0.15, -0.1) is 11.6 Å². The third kappa shape index (κ3) is 5.17. The van der Waals surface area contributed by atoms with E-state index in [4.69, 9.17) is 11.6 Å². The number of nitrogens with one attached hydrogen (secondary N) is 4. The molecule has 5 unspecified atom stereocenters. The van der Waals surface area contributed by atoms with E-state index in [9.17, 15) is 18.0 Å². The molecule has 0 radical (unpaired) electrons. The Kier molecular flexibility index (Phi) is 5.79. The molecule has 0 aromatic rings. The van der Waals surface area contributed by atoms with E-state index in [2.05, 4.69) is 21.3 Å². The zero-order valence-electron chi connectivity index (χ0n) is 12.3. The van der Waals surface area contributed by atoms with E-state index in [0.29, 0.717) is 12.8 Å². The molecule has 128 valence electrons. The highest BCUT2D eigenvalue weighted by Gasteiger charge is 2.42.